The van der Waals surface area contributed by atoms with E-state index in [9.17, 15) is 4.79 Å². The number of nitrogens with zero attached hydrogens (tertiary/aromatic N) is 3. The molecule has 0 amide bonds. The number of rotatable bonds is 5. The Kier molecular flexibility index (Phi) is 3.92. The topological polar surface area (TPSA) is 75.6 Å². The Hall–Kier alpha value is -1.63. The lowest BCUT2D eigenvalue weighted by molar-refractivity contribution is 0.591. The van der Waals surface area contributed by atoms with Gasteiger partial charge in [0.15, 0.2) is 0 Å². The summed E-state index contributed by atoms with van der Waals surface area (Å²) >= 11 is 3.18. The smallest absolute Gasteiger partial charge is 0.267 e. The Bertz CT molecular complexity index is 522. The lowest BCUT2D eigenvalue weighted by Crippen LogP contribution is -2.14. The third-order valence-electron chi connectivity index (χ3n) is 2.21. The molecule has 0 saturated carbocycles. The highest BCUT2D eigenvalue weighted by atomic mass is 79.9. The molecule has 7 heteroatoms. The molecule has 0 aliphatic rings. The normalized spacial score (nSPS) is 10.4. The average molecular weight is 298 g/mol. The van der Waals surface area contributed by atoms with Crippen molar-refractivity contribution in [2.75, 3.05) is 11.9 Å². The standard InChI is InChI=1S/C10H12BrN5O/c11-8-9(13-7-14-10(8)17)12-3-1-5-16-6-2-4-15-16/h2,4,6-7H,1,3,5H2,(H2,12,13,14,17). The molecule has 2 rings (SSSR count). The third kappa shape index (κ3) is 3.16. The zero-order valence-corrected chi connectivity index (χ0v) is 10.6. The van der Waals surface area contributed by atoms with Gasteiger partial charge in [0.2, 0.25) is 0 Å². The van der Waals surface area contributed by atoms with Crippen molar-refractivity contribution >= 4 is 21.7 Å². The van der Waals surface area contributed by atoms with Gasteiger partial charge in [-0.15, -0.1) is 0 Å². The number of aromatic nitrogens is 4. The van der Waals surface area contributed by atoms with Gasteiger partial charge in [-0.1, -0.05) is 0 Å². The van der Waals surface area contributed by atoms with Gasteiger partial charge in [-0.3, -0.25) is 9.48 Å². The van der Waals surface area contributed by atoms with Crippen LogP contribution in [0.15, 0.2) is 34.1 Å². The van der Waals surface area contributed by atoms with Crippen molar-refractivity contribution < 1.29 is 0 Å². The first-order chi connectivity index (χ1) is 8.27. The van der Waals surface area contributed by atoms with Gasteiger partial charge in [-0.2, -0.15) is 5.10 Å². The highest BCUT2D eigenvalue weighted by molar-refractivity contribution is 9.10. The van der Waals surface area contributed by atoms with Crippen LogP contribution in [0.5, 0.6) is 0 Å². The Morgan fingerprint density at radius 2 is 2.41 bits per heavy atom. The van der Waals surface area contributed by atoms with Crippen LogP contribution in [0.25, 0.3) is 0 Å². The molecule has 0 unspecified atom stereocenters. The van der Waals surface area contributed by atoms with Crippen LogP contribution in [-0.2, 0) is 6.54 Å². The predicted molar refractivity (Wildman–Crippen MR) is 67.9 cm³/mol. The van der Waals surface area contributed by atoms with Crippen molar-refractivity contribution in [1.82, 2.24) is 19.7 Å². The van der Waals surface area contributed by atoms with Gasteiger partial charge in [0, 0.05) is 25.5 Å². The van der Waals surface area contributed by atoms with Crippen molar-refractivity contribution in [3.05, 3.63) is 39.6 Å². The molecule has 0 saturated heterocycles. The first-order valence-corrected chi connectivity index (χ1v) is 6.01. The first kappa shape index (κ1) is 11.8. The predicted octanol–water partition coefficient (Wildman–Crippen LogP) is 1.23. The molecule has 0 aliphatic heterocycles. The molecule has 2 aromatic heterocycles. The Morgan fingerprint density at radius 3 is 3.18 bits per heavy atom. The van der Waals surface area contributed by atoms with Crippen LogP contribution in [0.1, 0.15) is 6.42 Å². The average Bonchev–Trinajstić information content (AvgIpc) is 2.83. The second-order valence-corrected chi connectivity index (χ2v) is 4.24. The maximum absolute atomic E-state index is 11.3. The number of anilines is 1. The summed E-state index contributed by atoms with van der Waals surface area (Å²) in [5, 5.41) is 7.20. The van der Waals surface area contributed by atoms with Crippen LogP contribution >= 0.6 is 15.9 Å². The van der Waals surface area contributed by atoms with E-state index in [0.717, 1.165) is 19.5 Å². The van der Waals surface area contributed by atoms with Crippen molar-refractivity contribution in [1.29, 1.82) is 0 Å². The molecule has 0 atom stereocenters. The molecular weight excluding hydrogens is 286 g/mol. The lowest BCUT2D eigenvalue weighted by Gasteiger charge is -2.06. The molecule has 0 aromatic carbocycles. The summed E-state index contributed by atoms with van der Waals surface area (Å²) in [7, 11) is 0. The summed E-state index contributed by atoms with van der Waals surface area (Å²) in [6.07, 6.45) is 5.95. The van der Waals surface area contributed by atoms with E-state index in [2.05, 4.69) is 36.3 Å². The Morgan fingerprint density at radius 1 is 1.53 bits per heavy atom. The molecule has 2 heterocycles. The molecule has 17 heavy (non-hydrogen) atoms. The molecule has 0 spiro atoms. The Labute approximate surface area is 106 Å². The fourth-order valence-electron chi connectivity index (χ4n) is 1.39. The highest BCUT2D eigenvalue weighted by Gasteiger charge is 2.03. The molecule has 6 nitrogen and oxygen atoms in total. The molecule has 2 N–H and O–H groups in total. The summed E-state index contributed by atoms with van der Waals surface area (Å²) in [5.74, 6) is 0.564. The van der Waals surface area contributed by atoms with E-state index in [1.54, 1.807) is 6.20 Å². The number of hydrogen-bond donors (Lipinski definition) is 2. The van der Waals surface area contributed by atoms with E-state index >= 15 is 0 Å². The molecule has 0 aliphatic carbocycles. The van der Waals surface area contributed by atoms with Crippen molar-refractivity contribution in [2.45, 2.75) is 13.0 Å². The van der Waals surface area contributed by atoms with Crippen molar-refractivity contribution in [3.8, 4) is 0 Å². The maximum Gasteiger partial charge on any atom is 0.267 e. The zero-order valence-electron chi connectivity index (χ0n) is 9.06. The van der Waals surface area contributed by atoms with E-state index in [1.807, 2.05) is 16.9 Å². The van der Waals surface area contributed by atoms with E-state index < -0.39 is 0 Å². The quantitative estimate of drug-likeness (QED) is 0.814. The number of H-pyrrole nitrogens is 1. The summed E-state index contributed by atoms with van der Waals surface area (Å²) in [4.78, 5) is 17.8. The summed E-state index contributed by atoms with van der Waals surface area (Å²) in [5.41, 5.74) is -0.186. The third-order valence-corrected chi connectivity index (χ3v) is 2.95. The number of hydrogen-bond acceptors (Lipinski definition) is 4. The van der Waals surface area contributed by atoms with Crippen molar-refractivity contribution in [3.63, 3.8) is 0 Å². The van der Waals surface area contributed by atoms with E-state index in [4.69, 9.17) is 0 Å². The molecule has 0 fully saturated rings. The SMILES string of the molecule is O=c1[nH]cnc(NCCCn2cccn2)c1Br. The van der Waals surface area contributed by atoms with Gasteiger partial charge < -0.3 is 10.3 Å². The van der Waals surface area contributed by atoms with Crippen LogP contribution < -0.4 is 10.9 Å². The molecule has 0 bridgehead atoms. The minimum atomic E-state index is -0.186. The van der Waals surface area contributed by atoms with Gasteiger partial charge >= 0.3 is 0 Å². The number of halogens is 1. The second kappa shape index (κ2) is 5.62. The van der Waals surface area contributed by atoms with Crippen LogP contribution in [0.4, 0.5) is 5.82 Å². The van der Waals surface area contributed by atoms with Gasteiger partial charge in [0.1, 0.15) is 10.3 Å². The van der Waals surface area contributed by atoms with E-state index in [0.29, 0.717) is 10.3 Å². The monoisotopic (exact) mass is 297 g/mol. The van der Waals surface area contributed by atoms with Crippen LogP contribution in [0, 0.1) is 0 Å². The fraction of sp³-hybridized carbons (Fsp3) is 0.300. The largest absolute Gasteiger partial charge is 0.369 e. The van der Waals surface area contributed by atoms with E-state index in [1.165, 1.54) is 6.33 Å². The van der Waals surface area contributed by atoms with Crippen molar-refractivity contribution in [2.24, 2.45) is 0 Å². The highest BCUT2D eigenvalue weighted by Crippen LogP contribution is 2.12. The minimum absolute atomic E-state index is 0.186. The van der Waals surface area contributed by atoms with E-state index in [-0.39, 0.29) is 5.56 Å². The summed E-state index contributed by atoms with van der Waals surface area (Å²) < 4.78 is 2.29. The van der Waals surface area contributed by atoms with Gasteiger partial charge in [-0.25, -0.2) is 4.98 Å². The van der Waals surface area contributed by atoms with Gasteiger partial charge in [0.05, 0.1) is 6.33 Å². The number of aryl methyl sites for hydroxylation is 1. The molecule has 0 radical (unpaired) electrons. The van der Waals surface area contributed by atoms with Gasteiger partial charge in [-0.05, 0) is 28.4 Å². The number of nitrogens with one attached hydrogen (secondary N) is 2. The number of aromatic amines is 1. The fourth-order valence-corrected chi connectivity index (χ4v) is 1.74. The van der Waals surface area contributed by atoms with Crippen LogP contribution in [0.3, 0.4) is 0 Å². The first-order valence-electron chi connectivity index (χ1n) is 5.22. The zero-order chi connectivity index (χ0) is 12.1. The molecule has 90 valence electrons. The lowest BCUT2D eigenvalue weighted by atomic mass is 10.4. The summed E-state index contributed by atoms with van der Waals surface area (Å²) in [6.45, 7) is 1.57. The van der Waals surface area contributed by atoms with Crippen LogP contribution in [-0.4, -0.2) is 26.3 Å². The molecular formula is C10H12BrN5O. The maximum atomic E-state index is 11.3. The van der Waals surface area contributed by atoms with Gasteiger partial charge in [0.25, 0.3) is 5.56 Å². The summed E-state index contributed by atoms with van der Waals surface area (Å²) in [6, 6.07) is 1.89. The molecule has 2 aromatic rings. The Balaban J connectivity index is 1.82. The second-order valence-electron chi connectivity index (χ2n) is 3.44. The van der Waals surface area contributed by atoms with Crippen LogP contribution in [0.2, 0.25) is 0 Å². The minimum Gasteiger partial charge on any atom is -0.369 e.